The van der Waals surface area contributed by atoms with E-state index in [4.69, 9.17) is 24.1 Å². The highest BCUT2D eigenvalue weighted by atomic mass is 16.7. The number of aliphatic carboxylic acids is 4. The van der Waals surface area contributed by atoms with Crippen LogP contribution >= 0.6 is 0 Å². The predicted molar refractivity (Wildman–Crippen MR) is 196 cm³/mol. The van der Waals surface area contributed by atoms with Crippen molar-refractivity contribution in [1.82, 2.24) is 0 Å². The SMILES string of the molecule is CC1(C)CC[C@]2(C(=O)O)CC[C@]3(C)C(=CC[C@@H]4[C@@]5(C)CC[C@H](O[C@@H]6O[C@H](C(=O)O)[C@@H](O)[C@H](O[C@@H](OCC(=O)O)C(O)C(=O)O)[C@H]6O)C(C)(C)[C@@H]5CC[C@]43C)[C@@H]2C1. The molecular formula is C41H62O15. The first-order valence-corrected chi connectivity index (χ1v) is 20.1. The topological polar surface area (TPSA) is 247 Å². The van der Waals surface area contributed by atoms with Gasteiger partial charge >= 0.3 is 23.9 Å². The molecule has 56 heavy (non-hydrogen) atoms. The Morgan fingerprint density at radius 3 is 2.12 bits per heavy atom. The first-order valence-electron chi connectivity index (χ1n) is 20.1. The Hall–Kier alpha value is -2.66. The van der Waals surface area contributed by atoms with Crippen LogP contribution in [-0.2, 0) is 38.1 Å². The number of carboxylic acid groups (broad SMARTS) is 4. The Kier molecular flexibility index (Phi) is 11.2. The second kappa shape index (κ2) is 14.6. The van der Waals surface area contributed by atoms with Gasteiger partial charge in [0.05, 0.1) is 11.5 Å². The summed E-state index contributed by atoms with van der Waals surface area (Å²) in [6.45, 7) is 14.8. The summed E-state index contributed by atoms with van der Waals surface area (Å²) in [5, 5.41) is 71.6. The van der Waals surface area contributed by atoms with Crippen molar-refractivity contribution in [1.29, 1.82) is 0 Å². The van der Waals surface area contributed by atoms with Gasteiger partial charge in [0.25, 0.3) is 0 Å². The summed E-state index contributed by atoms with van der Waals surface area (Å²) in [4.78, 5) is 48.0. The minimum absolute atomic E-state index is 0.000609. The van der Waals surface area contributed by atoms with Gasteiger partial charge in [0.2, 0.25) is 6.10 Å². The lowest BCUT2D eigenvalue weighted by Gasteiger charge is -2.71. The van der Waals surface area contributed by atoms with Gasteiger partial charge in [0, 0.05) is 0 Å². The van der Waals surface area contributed by atoms with Crippen LogP contribution < -0.4 is 0 Å². The molecule has 0 aromatic carbocycles. The molecule has 1 saturated heterocycles. The number of carboxylic acids is 4. The Balaban J connectivity index is 1.25. The molecule has 15 nitrogen and oxygen atoms in total. The van der Waals surface area contributed by atoms with Crippen LogP contribution in [0.25, 0.3) is 0 Å². The van der Waals surface area contributed by atoms with Crippen molar-refractivity contribution in [3.63, 3.8) is 0 Å². The molecule has 0 bridgehead atoms. The van der Waals surface area contributed by atoms with Gasteiger partial charge in [-0.05, 0) is 109 Å². The van der Waals surface area contributed by atoms with Crippen LogP contribution in [0.2, 0.25) is 0 Å². The number of aliphatic hydroxyl groups is 3. The van der Waals surface area contributed by atoms with Gasteiger partial charge < -0.3 is 54.7 Å². The van der Waals surface area contributed by atoms with Crippen LogP contribution in [0, 0.1) is 50.2 Å². The van der Waals surface area contributed by atoms with Crippen LogP contribution in [0.5, 0.6) is 0 Å². The minimum Gasteiger partial charge on any atom is -0.481 e. The van der Waals surface area contributed by atoms with E-state index in [9.17, 15) is 49.8 Å². The lowest BCUT2D eigenvalue weighted by Crippen LogP contribution is -2.66. The molecule has 15 heteroatoms. The van der Waals surface area contributed by atoms with E-state index in [1.807, 2.05) is 0 Å². The van der Waals surface area contributed by atoms with Gasteiger partial charge in [-0.2, -0.15) is 0 Å². The van der Waals surface area contributed by atoms with Gasteiger partial charge in [-0.3, -0.25) is 4.79 Å². The Morgan fingerprint density at radius 2 is 1.52 bits per heavy atom. The maximum absolute atomic E-state index is 13.0. The highest BCUT2D eigenvalue weighted by molar-refractivity contribution is 5.77. The van der Waals surface area contributed by atoms with E-state index in [1.165, 1.54) is 5.57 Å². The summed E-state index contributed by atoms with van der Waals surface area (Å²) in [6.07, 6.45) is -4.44. The van der Waals surface area contributed by atoms with Crippen molar-refractivity contribution in [2.24, 2.45) is 50.2 Å². The summed E-state index contributed by atoms with van der Waals surface area (Å²) >= 11 is 0. The molecule has 0 spiro atoms. The van der Waals surface area contributed by atoms with Gasteiger partial charge in [-0.1, -0.05) is 60.1 Å². The summed E-state index contributed by atoms with van der Waals surface area (Å²) in [7, 11) is 0. The zero-order chi connectivity index (χ0) is 41.6. The smallest absolute Gasteiger partial charge is 0.337 e. The largest absolute Gasteiger partial charge is 0.481 e. The first kappa shape index (κ1) is 42.9. The zero-order valence-corrected chi connectivity index (χ0v) is 33.6. The molecule has 4 saturated carbocycles. The van der Waals surface area contributed by atoms with E-state index in [0.717, 1.165) is 44.9 Å². The normalized spacial score (nSPS) is 45.0. The Bertz CT molecular complexity index is 1610. The van der Waals surface area contributed by atoms with Crippen LogP contribution in [0.15, 0.2) is 11.6 Å². The first-order chi connectivity index (χ1) is 25.9. The molecule has 0 aromatic rings. The van der Waals surface area contributed by atoms with Gasteiger partial charge in [0.15, 0.2) is 18.7 Å². The van der Waals surface area contributed by atoms with Crippen molar-refractivity contribution in [2.45, 2.75) is 162 Å². The number of allylic oxidation sites excluding steroid dienone is 2. The highest BCUT2D eigenvalue weighted by Gasteiger charge is 2.69. The zero-order valence-electron chi connectivity index (χ0n) is 33.6. The lowest BCUT2D eigenvalue weighted by molar-refractivity contribution is -0.345. The monoisotopic (exact) mass is 794 g/mol. The summed E-state index contributed by atoms with van der Waals surface area (Å²) in [5.41, 5.74) is -0.246. The van der Waals surface area contributed by atoms with E-state index >= 15 is 0 Å². The summed E-state index contributed by atoms with van der Waals surface area (Å²) in [5.74, 6) is -5.22. The minimum atomic E-state index is -2.44. The molecule has 1 unspecified atom stereocenters. The van der Waals surface area contributed by atoms with E-state index in [-0.39, 0.29) is 33.5 Å². The number of aliphatic hydroxyl groups excluding tert-OH is 3. The second-order valence-corrected chi connectivity index (χ2v) is 19.9. The third-order valence-corrected chi connectivity index (χ3v) is 16.3. The fourth-order valence-electron chi connectivity index (χ4n) is 12.9. The van der Waals surface area contributed by atoms with E-state index < -0.39 is 90.5 Å². The third-order valence-electron chi connectivity index (χ3n) is 16.3. The van der Waals surface area contributed by atoms with Crippen molar-refractivity contribution in [3.05, 3.63) is 11.6 Å². The molecule has 15 atom stereocenters. The quantitative estimate of drug-likeness (QED) is 0.0886. The van der Waals surface area contributed by atoms with E-state index in [0.29, 0.717) is 25.2 Å². The van der Waals surface area contributed by atoms with E-state index in [2.05, 4.69) is 54.5 Å². The second-order valence-electron chi connectivity index (χ2n) is 19.9. The molecule has 0 radical (unpaired) electrons. The fraction of sp³-hybridized carbons (Fsp3) is 0.854. The third kappa shape index (κ3) is 6.70. The molecule has 1 heterocycles. The number of fused-ring (bicyclic) bond motifs is 7. The van der Waals surface area contributed by atoms with Crippen LogP contribution in [0.3, 0.4) is 0 Å². The Morgan fingerprint density at radius 1 is 0.857 bits per heavy atom. The summed E-state index contributed by atoms with van der Waals surface area (Å²) < 4.78 is 22.5. The average molecular weight is 795 g/mol. The van der Waals surface area contributed by atoms with Crippen molar-refractivity contribution in [2.75, 3.05) is 6.61 Å². The maximum Gasteiger partial charge on any atom is 0.337 e. The van der Waals surface area contributed by atoms with E-state index in [1.54, 1.807) is 0 Å². The number of hydrogen-bond acceptors (Lipinski definition) is 11. The molecule has 1 aliphatic heterocycles. The molecule has 6 rings (SSSR count). The van der Waals surface area contributed by atoms with Gasteiger partial charge in [-0.15, -0.1) is 0 Å². The molecule has 6 aliphatic rings. The molecule has 7 N–H and O–H groups in total. The number of carbonyl (C=O) groups is 4. The van der Waals surface area contributed by atoms with Crippen molar-refractivity contribution in [3.8, 4) is 0 Å². The average Bonchev–Trinajstić information content (AvgIpc) is 3.09. The molecule has 316 valence electrons. The Labute approximate surface area is 327 Å². The number of rotatable bonds is 11. The standard InChI is InChI=1S/C41H62O15/c1-36(2)14-16-41(35(51)52)17-15-39(6)20(21(41)18-36)8-9-23-38(5)12-11-24(37(3,4)22(38)10-13-40(23,39)7)54-34-27(45)29(26(44)30(56-34)32(49)50)55-33(28(46)31(47)48)53-19-25(42)43/h8,21-24,26-30,33-34,44-46H,9-19H2,1-7H3,(H,42,43)(H,47,48)(H,49,50)(H,51,52)/t21-,22-,23+,24-,26-,27+,28?,29-,30-,33+,34+,38-,39+,40+,41-/m0/s1. The van der Waals surface area contributed by atoms with Crippen molar-refractivity contribution >= 4 is 23.9 Å². The fourth-order valence-corrected chi connectivity index (χ4v) is 12.9. The number of hydrogen-bond donors (Lipinski definition) is 7. The molecule has 5 aliphatic carbocycles. The van der Waals surface area contributed by atoms with Crippen LogP contribution in [0.4, 0.5) is 0 Å². The summed E-state index contributed by atoms with van der Waals surface area (Å²) in [6, 6.07) is 0. The predicted octanol–water partition coefficient (Wildman–Crippen LogP) is 4.05. The molecule has 0 aromatic heterocycles. The van der Waals surface area contributed by atoms with Crippen LogP contribution in [0.1, 0.15) is 113 Å². The van der Waals surface area contributed by atoms with Crippen LogP contribution in [-0.4, -0.2) is 115 Å². The molecular weight excluding hydrogens is 732 g/mol. The lowest BCUT2D eigenvalue weighted by atomic mass is 9.33. The van der Waals surface area contributed by atoms with Crippen molar-refractivity contribution < 1.29 is 73.9 Å². The number of ether oxygens (including phenoxy) is 4. The molecule has 0 amide bonds. The molecule has 5 fully saturated rings. The van der Waals surface area contributed by atoms with Gasteiger partial charge in [0.1, 0.15) is 24.9 Å². The maximum atomic E-state index is 13.0. The highest BCUT2D eigenvalue weighted by Crippen LogP contribution is 2.76. The van der Waals surface area contributed by atoms with Gasteiger partial charge in [-0.25, -0.2) is 14.4 Å².